The van der Waals surface area contributed by atoms with Crippen LogP contribution in [-0.2, 0) is 35.6 Å². The van der Waals surface area contributed by atoms with Crippen molar-refractivity contribution < 1.29 is 47.2 Å². The highest BCUT2D eigenvalue weighted by Gasteiger charge is 2.28. The summed E-state index contributed by atoms with van der Waals surface area (Å²) in [5.41, 5.74) is 2.42. The fraction of sp³-hybridized carbons (Fsp3) is 0.464. The van der Waals surface area contributed by atoms with E-state index in [1.807, 2.05) is 18.2 Å². The number of amides is 1. The maximum atomic E-state index is 13.2. The van der Waals surface area contributed by atoms with Gasteiger partial charge in [0.1, 0.15) is 0 Å². The average molecular weight is 623 g/mol. The molecule has 2 heterocycles. The molecule has 2 aliphatic heterocycles. The third-order valence-electron chi connectivity index (χ3n) is 6.80. The summed E-state index contributed by atoms with van der Waals surface area (Å²) in [6.45, 7) is 3.85. The molecule has 0 radical (unpaired) electrons. The van der Waals surface area contributed by atoms with E-state index in [2.05, 4.69) is 15.5 Å². The van der Waals surface area contributed by atoms with Crippen LogP contribution in [0, 0.1) is 0 Å². The molecule has 0 spiro atoms. The molecule has 2 aliphatic rings. The van der Waals surface area contributed by atoms with Gasteiger partial charge in [0.05, 0.1) is 50.2 Å². The minimum absolute atomic E-state index is 0.104. The van der Waals surface area contributed by atoms with Gasteiger partial charge in [-0.1, -0.05) is 6.07 Å². The number of morpholine rings is 1. The van der Waals surface area contributed by atoms with Gasteiger partial charge in [0, 0.05) is 26.2 Å². The predicted octanol–water partition coefficient (Wildman–Crippen LogP) is 1.25. The van der Waals surface area contributed by atoms with Crippen LogP contribution in [0.15, 0.2) is 41.3 Å². The van der Waals surface area contributed by atoms with Crippen LogP contribution >= 0.6 is 0 Å². The molecule has 2 saturated heterocycles. The smallest absolute Gasteiger partial charge is 0.414 e. The van der Waals surface area contributed by atoms with Crippen LogP contribution in [0.1, 0.15) is 18.4 Å². The molecule has 0 saturated carbocycles. The van der Waals surface area contributed by atoms with Gasteiger partial charge in [0.15, 0.2) is 11.5 Å². The zero-order valence-corrected chi connectivity index (χ0v) is 25.0. The number of hydrogen-bond donors (Lipinski definition) is 4. The molecule has 4 N–H and O–H groups in total. The standard InChI is InChI=1S/C26H36N4O6S.C2H2O4/c1-34-24-8-5-20(17-25(24)35-2)9-10-27-19-26(31)28-22-18-21(6-7-23(22)29-11-3-4-12-29)37(32,33)30-13-15-36-16-14-30;3-1(4)2(5)6/h5-8,17-18,27H,3-4,9-16,19H2,1-2H3,(H,28,31);(H,3,4)(H,5,6). The van der Waals surface area contributed by atoms with Crippen LogP contribution < -0.4 is 25.0 Å². The quantitative estimate of drug-likeness (QED) is 0.208. The summed E-state index contributed by atoms with van der Waals surface area (Å²) in [6.07, 6.45) is 2.85. The van der Waals surface area contributed by atoms with E-state index < -0.39 is 22.0 Å². The van der Waals surface area contributed by atoms with E-state index in [-0.39, 0.29) is 17.3 Å². The van der Waals surface area contributed by atoms with E-state index in [0.29, 0.717) is 56.5 Å². The first-order valence-corrected chi connectivity index (χ1v) is 15.2. The van der Waals surface area contributed by atoms with Crippen molar-refractivity contribution in [3.8, 4) is 11.5 Å². The molecule has 1 amide bonds. The van der Waals surface area contributed by atoms with Crippen LogP contribution in [0.5, 0.6) is 11.5 Å². The van der Waals surface area contributed by atoms with Crippen molar-refractivity contribution in [3.63, 3.8) is 0 Å². The highest BCUT2D eigenvalue weighted by Crippen LogP contribution is 2.32. The first-order valence-electron chi connectivity index (χ1n) is 13.7. The lowest BCUT2D eigenvalue weighted by atomic mass is 10.1. The Morgan fingerprint density at radius 1 is 0.907 bits per heavy atom. The zero-order chi connectivity index (χ0) is 31.4. The Bertz CT molecular complexity index is 1360. The van der Waals surface area contributed by atoms with Crippen molar-refractivity contribution in [3.05, 3.63) is 42.0 Å². The Morgan fingerprint density at radius 2 is 1.56 bits per heavy atom. The van der Waals surface area contributed by atoms with Gasteiger partial charge in [-0.2, -0.15) is 4.31 Å². The lowest BCUT2D eigenvalue weighted by Gasteiger charge is -2.27. The molecule has 43 heavy (non-hydrogen) atoms. The number of nitrogens with one attached hydrogen (secondary N) is 2. The predicted molar refractivity (Wildman–Crippen MR) is 157 cm³/mol. The summed E-state index contributed by atoms with van der Waals surface area (Å²) in [5.74, 6) is -2.54. The second-order valence-corrected chi connectivity index (χ2v) is 11.6. The van der Waals surface area contributed by atoms with Gasteiger partial charge in [0.25, 0.3) is 0 Å². The molecule has 2 aromatic rings. The number of ether oxygens (including phenoxy) is 3. The van der Waals surface area contributed by atoms with Crippen LogP contribution in [-0.4, -0.2) is 107 Å². The van der Waals surface area contributed by atoms with Crippen LogP contribution in [0.4, 0.5) is 11.4 Å². The fourth-order valence-electron chi connectivity index (χ4n) is 4.61. The van der Waals surface area contributed by atoms with Crippen molar-refractivity contribution in [2.24, 2.45) is 0 Å². The van der Waals surface area contributed by atoms with Crippen LogP contribution in [0.3, 0.4) is 0 Å². The molecule has 0 bridgehead atoms. The highest BCUT2D eigenvalue weighted by atomic mass is 32.2. The molecular weight excluding hydrogens is 584 g/mol. The number of anilines is 2. The number of carbonyl (C=O) groups is 3. The molecule has 2 fully saturated rings. The molecule has 0 unspecified atom stereocenters. The number of benzene rings is 2. The van der Waals surface area contributed by atoms with Crippen LogP contribution in [0.2, 0.25) is 0 Å². The lowest BCUT2D eigenvalue weighted by molar-refractivity contribution is -0.159. The summed E-state index contributed by atoms with van der Waals surface area (Å²) in [7, 11) is -0.477. The van der Waals surface area contributed by atoms with Crippen molar-refractivity contribution >= 4 is 39.2 Å². The van der Waals surface area contributed by atoms with Crippen LogP contribution in [0.25, 0.3) is 0 Å². The highest BCUT2D eigenvalue weighted by molar-refractivity contribution is 7.89. The van der Waals surface area contributed by atoms with Gasteiger partial charge in [-0.3, -0.25) is 4.79 Å². The van der Waals surface area contributed by atoms with E-state index in [0.717, 1.165) is 37.2 Å². The second-order valence-electron chi connectivity index (χ2n) is 9.66. The minimum atomic E-state index is -3.67. The third kappa shape index (κ3) is 9.54. The van der Waals surface area contributed by atoms with Crippen molar-refractivity contribution in [2.75, 3.05) is 76.9 Å². The normalized spacial score (nSPS) is 15.3. The number of methoxy groups -OCH3 is 2. The molecule has 0 atom stereocenters. The number of nitrogens with zero attached hydrogens (tertiary/aromatic N) is 2. The Balaban J connectivity index is 0.000000765. The Morgan fingerprint density at radius 3 is 2.16 bits per heavy atom. The number of hydrogen-bond acceptors (Lipinski definition) is 10. The Hall–Kier alpha value is -3.92. The number of carboxylic acid groups (broad SMARTS) is 2. The van der Waals surface area contributed by atoms with Gasteiger partial charge in [0.2, 0.25) is 15.9 Å². The lowest BCUT2D eigenvalue weighted by Crippen LogP contribution is -2.40. The van der Waals surface area contributed by atoms with Crippen molar-refractivity contribution in [1.29, 1.82) is 0 Å². The molecule has 2 aromatic carbocycles. The molecule has 236 valence electrons. The first kappa shape index (κ1) is 33.6. The molecule has 0 aromatic heterocycles. The average Bonchev–Trinajstić information content (AvgIpc) is 3.55. The molecular formula is C28H38N4O10S. The summed E-state index contributed by atoms with van der Waals surface area (Å²) in [4.78, 5) is 33.4. The number of sulfonamides is 1. The minimum Gasteiger partial charge on any atom is -0.493 e. The first-order chi connectivity index (χ1) is 20.6. The van der Waals surface area contributed by atoms with Gasteiger partial charge in [-0.15, -0.1) is 0 Å². The van der Waals surface area contributed by atoms with E-state index in [4.69, 9.17) is 34.0 Å². The molecule has 14 nitrogen and oxygen atoms in total. The summed E-state index contributed by atoms with van der Waals surface area (Å²) >= 11 is 0. The summed E-state index contributed by atoms with van der Waals surface area (Å²) in [5, 5.41) is 20.9. The molecule has 0 aliphatic carbocycles. The van der Waals surface area contributed by atoms with E-state index >= 15 is 0 Å². The van der Waals surface area contributed by atoms with Crippen molar-refractivity contribution in [1.82, 2.24) is 9.62 Å². The van der Waals surface area contributed by atoms with Gasteiger partial charge < -0.3 is 40.0 Å². The fourth-order valence-corrected chi connectivity index (χ4v) is 6.05. The van der Waals surface area contributed by atoms with Gasteiger partial charge in [-0.25, -0.2) is 18.0 Å². The molecule has 15 heteroatoms. The SMILES string of the molecule is COc1ccc(CCNCC(=O)Nc2cc(S(=O)(=O)N3CCOCC3)ccc2N2CCCC2)cc1OC.O=C(O)C(=O)O. The summed E-state index contributed by atoms with van der Waals surface area (Å²) in [6, 6.07) is 10.8. The second kappa shape index (κ2) is 16.1. The largest absolute Gasteiger partial charge is 0.493 e. The van der Waals surface area contributed by atoms with Gasteiger partial charge in [-0.05, 0) is 61.7 Å². The van der Waals surface area contributed by atoms with E-state index in [9.17, 15) is 13.2 Å². The zero-order valence-electron chi connectivity index (χ0n) is 24.2. The molecule has 4 rings (SSSR count). The third-order valence-corrected chi connectivity index (χ3v) is 8.70. The van der Waals surface area contributed by atoms with E-state index in [1.165, 1.54) is 4.31 Å². The number of carboxylic acids is 2. The van der Waals surface area contributed by atoms with Crippen molar-refractivity contribution in [2.45, 2.75) is 24.2 Å². The topological polar surface area (TPSA) is 184 Å². The van der Waals surface area contributed by atoms with Gasteiger partial charge >= 0.3 is 11.9 Å². The van der Waals surface area contributed by atoms with E-state index in [1.54, 1.807) is 32.4 Å². The number of carbonyl (C=O) groups excluding carboxylic acids is 1. The summed E-state index contributed by atoms with van der Waals surface area (Å²) < 4.78 is 43.8. The maximum absolute atomic E-state index is 13.2. The number of aliphatic carboxylic acids is 2. The Labute approximate surface area is 250 Å². The number of rotatable bonds is 11. The maximum Gasteiger partial charge on any atom is 0.414 e. The Kier molecular flexibility index (Phi) is 12.5. The monoisotopic (exact) mass is 622 g/mol.